The van der Waals surface area contributed by atoms with Crippen LogP contribution in [0, 0.1) is 0 Å². The van der Waals surface area contributed by atoms with Crippen LogP contribution in [0.1, 0.15) is 11.1 Å². The first kappa shape index (κ1) is 16.9. The predicted octanol–water partition coefficient (Wildman–Crippen LogP) is 5.66. The minimum Gasteiger partial charge on any atom is -0.507 e. The molecule has 1 N–H and O–H groups in total. The minimum absolute atomic E-state index is 0.318. The van der Waals surface area contributed by atoms with Gasteiger partial charge in [0.05, 0.1) is 5.56 Å². The maximum atomic E-state index is 12.7. The molecule has 25 heavy (non-hydrogen) atoms. The molecule has 128 valence electrons. The lowest BCUT2D eigenvalue weighted by atomic mass is 10.0. The van der Waals surface area contributed by atoms with Crippen molar-refractivity contribution in [2.75, 3.05) is 0 Å². The van der Waals surface area contributed by atoms with E-state index in [-0.39, 0.29) is 0 Å². The van der Waals surface area contributed by atoms with Crippen molar-refractivity contribution in [1.29, 1.82) is 0 Å². The number of ether oxygens (including phenoxy) is 1. The van der Waals surface area contributed by atoms with Crippen LogP contribution in [0.15, 0.2) is 72.8 Å². The Morgan fingerprint density at radius 3 is 2.28 bits per heavy atom. The van der Waals surface area contributed by atoms with E-state index in [9.17, 15) is 18.3 Å². The smallest absolute Gasteiger partial charge is 0.416 e. The zero-order valence-electron chi connectivity index (χ0n) is 13.1. The summed E-state index contributed by atoms with van der Waals surface area (Å²) in [5.74, 6) is 0.149. The SMILES string of the molecule is Oc1cc(C(F)(F)F)ccc1-c1cccc(OCc2ccccc2)c1. The third-order valence-electron chi connectivity index (χ3n) is 3.72. The zero-order valence-corrected chi connectivity index (χ0v) is 13.1. The Kier molecular flexibility index (Phi) is 4.65. The highest BCUT2D eigenvalue weighted by Gasteiger charge is 2.31. The Morgan fingerprint density at radius 1 is 0.840 bits per heavy atom. The topological polar surface area (TPSA) is 29.5 Å². The average molecular weight is 344 g/mol. The Balaban J connectivity index is 1.82. The lowest BCUT2D eigenvalue weighted by molar-refractivity contribution is -0.137. The lowest BCUT2D eigenvalue weighted by Gasteiger charge is -2.12. The Labute approximate surface area is 143 Å². The van der Waals surface area contributed by atoms with E-state index in [1.54, 1.807) is 24.3 Å². The summed E-state index contributed by atoms with van der Waals surface area (Å²) < 4.78 is 43.8. The van der Waals surface area contributed by atoms with Gasteiger partial charge in [0.1, 0.15) is 18.1 Å². The van der Waals surface area contributed by atoms with Crippen molar-refractivity contribution in [3.63, 3.8) is 0 Å². The number of aromatic hydroxyl groups is 1. The quantitative estimate of drug-likeness (QED) is 0.662. The summed E-state index contributed by atoms with van der Waals surface area (Å²) >= 11 is 0. The molecule has 5 heteroatoms. The van der Waals surface area contributed by atoms with E-state index in [1.165, 1.54) is 6.07 Å². The van der Waals surface area contributed by atoms with Gasteiger partial charge in [0.2, 0.25) is 0 Å². The molecule has 0 atom stereocenters. The highest BCUT2D eigenvalue weighted by atomic mass is 19.4. The third-order valence-corrected chi connectivity index (χ3v) is 3.72. The molecule has 0 heterocycles. The molecule has 0 spiro atoms. The molecule has 0 unspecified atom stereocenters. The van der Waals surface area contributed by atoms with Crippen molar-refractivity contribution >= 4 is 0 Å². The third kappa shape index (κ3) is 4.12. The van der Waals surface area contributed by atoms with Gasteiger partial charge in [0, 0.05) is 5.56 Å². The molecule has 0 aliphatic rings. The summed E-state index contributed by atoms with van der Waals surface area (Å²) in [5.41, 5.74) is 1.02. The van der Waals surface area contributed by atoms with Gasteiger partial charge in [-0.25, -0.2) is 0 Å². The second-order valence-electron chi connectivity index (χ2n) is 5.53. The van der Waals surface area contributed by atoms with E-state index in [1.807, 2.05) is 30.3 Å². The summed E-state index contributed by atoms with van der Waals surface area (Å²) in [6.07, 6.45) is -4.49. The van der Waals surface area contributed by atoms with Crippen molar-refractivity contribution in [2.45, 2.75) is 12.8 Å². The van der Waals surface area contributed by atoms with E-state index in [0.717, 1.165) is 17.7 Å². The van der Waals surface area contributed by atoms with Crippen molar-refractivity contribution in [3.8, 4) is 22.6 Å². The van der Waals surface area contributed by atoms with Gasteiger partial charge in [0.15, 0.2) is 0 Å². The fourth-order valence-corrected chi connectivity index (χ4v) is 2.45. The Bertz CT molecular complexity index is 858. The number of rotatable bonds is 4. The van der Waals surface area contributed by atoms with Crippen molar-refractivity contribution in [1.82, 2.24) is 0 Å². The molecule has 0 amide bonds. The molecule has 3 rings (SSSR count). The zero-order chi connectivity index (χ0) is 17.9. The summed E-state index contributed by atoms with van der Waals surface area (Å²) in [6.45, 7) is 0.378. The summed E-state index contributed by atoms with van der Waals surface area (Å²) in [6, 6.07) is 19.4. The summed E-state index contributed by atoms with van der Waals surface area (Å²) in [5, 5.41) is 9.97. The molecule has 0 saturated carbocycles. The van der Waals surface area contributed by atoms with E-state index in [0.29, 0.717) is 23.5 Å². The van der Waals surface area contributed by atoms with E-state index < -0.39 is 17.5 Å². The molecule has 0 aliphatic carbocycles. The molecule has 0 saturated heterocycles. The molecule has 0 aliphatic heterocycles. The minimum atomic E-state index is -4.49. The number of phenolic OH excluding ortho intramolecular Hbond substituents is 1. The van der Waals surface area contributed by atoms with Crippen molar-refractivity contribution in [2.24, 2.45) is 0 Å². The van der Waals surface area contributed by atoms with Crippen LogP contribution >= 0.6 is 0 Å². The van der Waals surface area contributed by atoms with Crippen LogP contribution in [0.5, 0.6) is 11.5 Å². The molecule has 0 aromatic heterocycles. The van der Waals surface area contributed by atoms with Crippen LogP contribution in [0.4, 0.5) is 13.2 Å². The molecule has 0 fully saturated rings. The van der Waals surface area contributed by atoms with Gasteiger partial charge < -0.3 is 9.84 Å². The Hall–Kier alpha value is -2.95. The van der Waals surface area contributed by atoms with Crippen LogP contribution in [-0.2, 0) is 12.8 Å². The van der Waals surface area contributed by atoms with Gasteiger partial charge in [-0.1, -0.05) is 48.5 Å². The highest BCUT2D eigenvalue weighted by Crippen LogP contribution is 2.37. The van der Waals surface area contributed by atoms with Gasteiger partial charge in [-0.2, -0.15) is 13.2 Å². The number of benzene rings is 3. The molecule has 0 bridgehead atoms. The number of hydrogen-bond donors (Lipinski definition) is 1. The average Bonchev–Trinajstić information content (AvgIpc) is 2.60. The Morgan fingerprint density at radius 2 is 1.60 bits per heavy atom. The van der Waals surface area contributed by atoms with E-state index >= 15 is 0 Å². The van der Waals surface area contributed by atoms with Crippen LogP contribution < -0.4 is 4.74 Å². The second kappa shape index (κ2) is 6.89. The first-order valence-electron chi connectivity index (χ1n) is 7.61. The van der Waals surface area contributed by atoms with Gasteiger partial charge in [0.25, 0.3) is 0 Å². The normalized spacial score (nSPS) is 11.3. The maximum Gasteiger partial charge on any atom is 0.416 e. The molecule has 3 aromatic carbocycles. The molecular weight excluding hydrogens is 329 g/mol. The second-order valence-corrected chi connectivity index (χ2v) is 5.53. The monoisotopic (exact) mass is 344 g/mol. The first-order chi connectivity index (χ1) is 11.9. The number of halogens is 3. The van der Waals surface area contributed by atoms with Crippen molar-refractivity contribution in [3.05, 3.63) is 83.9 Å². The fraction of sp³-hybridized carbons (Fsp3) is 0.100. The van der Waals surface area contributed by atoms with Crippen LogP contribution in [0.3, 0.4) is 0 Å². The highest BCUT2D eigenvalue weighted by molar-refractivity contribution is 5.71. The van der Waals surface area contributed by atoms with E-state index in [4.69, 9.17) is 4.74 Å². The molecule has 3 aromatic rings. The van der Waals surface area contributed by atoms with E-state index in [2.05, 4.69) is 0 Å². The van der Waals surface area contributed by atoms with Crippen LogP contribution in [0.25, 0.3) is 11.1 Å². The van der Waals surface area contributed by atoms with Gasteiger partial charge in [-0.15, -0.1) is 0 Å². The van der Waals surface area contributed by atoms with Crippen molar-refractivity contribution < 1.29 is 23.0 Å². The lowest BCUT2D eigenvalue weighted by Crippen LogP contribution is -2.04. The maximum absolute atomic E-state index is 12.7. The summed E-state index contributed by atoms with van der Waals surface area (Å²) in [4.78, 5) is 0. The fourth-order valence-electron chi connectivity index (χ4n) is 2.45. The largest absolute Gasteiger partial charge is 0.507 e. The van der Waals surface area contributed by atoms with Gasteiger partial charge in [-0.05, 0) is 35.4 Å². The molecular formula is C20H15F3O2. The standard InChI is InChI=1S/C20H15F3O2/c21-20(22,23)16-9-10-18(19(24)12-16)15-7-4-8-17(11-15)25-13-14-5-2-1-3-6-14/h1-12,24H,13H2. The van der Waals surface area contributed by atoms with Gasteiger partial charge >= 0.3 is 6.18 Å². The van der Waals surface area contributed by atoms with Gasteiger partial charge in [-0.3, -0.25) is 0 Å². The number of hydrogen-bond acceptors (Lipinski definition) is 2. The van der Waals surface area contributed by atoms with Crippen LogP contribution in [0.2, 0.25) is 0 Å². The number of alkyl halides is 3. The van der Waals surface area contributed by atoms with Crippen LogP contribution in [-0.4, -0.2) is 5.11 Å². The molecule has 2 nitrogen and oxygen atoms in total. The first-order valence-corrected chi connectivity index (χ1v) is 7.61. The molecule has 0 radical (unpaired) electrons. The number of phenols is 1. The predicted molar refractivity (Wildman–Crippen MR) is 89.3 cm³/mol. The summed E-state index contributed by atoms with van der Waals surface area (Å²) in [7, 11) is 0.